The van der Waals surface area contributed by atoms with Crippen molar-refractivity contribution in [2.45, 2.75) is 11.3 Å². The molecule has 2 aromatic rings. The zero-order valence-electron chi connectivity index (χ0n) is 12.8. The summed E-state index contributed by atoms with van der Waals surface area (Å²) in [5.41, 5.74) is -0.0113. The molecule has 0 unspecified atom stereocenters. The van der Waals surface area contributed by atoms with Gasteiger partial charge in [-0.3, -0.25) is 10.1 Å². The Kier molecular flexibility index (Phi) is 5.20. The number of nitrogens with zero attached hydrogens (tertiary/aromatic N) is 1. The fraction of sp³-hybridized carbons (Fsp3) is 0.125. The zero-order chi connectivity index (χ0) is 17.7. The fourth-order valence-corrected chi connectivity index (χ4v) is 3.16. The lowest BCUT2D eigenvalue weighted by molar-refractivity contribution is -0.388. The summed E-state index contributed by atoms with van der Waals surface area (Å²) in [6, 6.07) is 9.95. The van der Waals surface area contributed by atoms with Crippen molar-refractivity contribution in [1.29, 1.82) is 0 Å². The number of benzene rings is 2. The number of hydrogen-bond acceptors (Lipinski definition) is 6. The van der Waals surface area contributed by atoms with Crippen LogP contribution in [0.3, 0.4) is 0 Å². The molecule has 126 valence electrons. The van der Waals surface area contributed by atoms with Crippen LogP contribution in [-0.4, -0.2) is 20.5 Å². The summed E-state index contributed by atoms with van der Waals surface area (Å²) in [6.07, 6.45) is 2.00. The molecule has 8 heteroatoms. The minimum absolute atomic E-state index is 0.0996. The van der Waals surface area contributed by atoms with Crippen LogP contribution in [0.2, 0.25) is 0 Å². The van der Waals surface area contributed by atoms with Crippen molar-refractivity contribution in [2.75, 3.05) is 7.11 Å². The minimum Gasteiger partial charge on any atom is -0.497 e. The van der Waals surface area contributed by atoms with Gasteiger partial charge in [0.15, 0.2) is 4.90 Å². The lowest BCUT2D eigenvalue weighted by Crippen LogP contribution is -2.13. The molecule has 0 spiro atoms. The molecule has 7 nitrogen and oxygen atoms in total. The van der Waals surface area contributed by atoms with Crippen molar-refractivity contribution in [3.8, 4) is 11.5 Å². The Hall–Kier alpha value is -2.87. The van der Waals surface area contributed by atoms with Gasteiger partial charge in [0.2, 0.25) is 0 Å². The lowest BCUT2D eigenvalue weighted by atomic mass is 10.1. The summed E-state index contributed by atoms with van der Waals surface area (Å²) in [5, 5.41) is 11.2. The van der Waals surface area contributed by atoms with Gasteiger partial charge in [0, 0.05) is 0 Å². The summed E-state index contributed by atoms with van der Waals surface area (Å²) in [7, 11) is -3.06. The van der Waals surface area contributed by atoms with Crippen LogP contribution in [0, 0.1) is 10.1 Å². The van der Waals surface area contributed by atoms with Crippen molar-refractivity contribution in [1.82, 2.24) is 0 Å². The normalized spacial score (nSPS) is 10.9. The highest BCUT2D eigenvalue weighted by Gasteiger charge is 2.29. The number of ether oxygens (including phenoxy) is 1. The maximum Gasteiger partial charge on any atom is 0.346 e. The molecule has 0 saturated heterocycles. The van der Waals surface area contributed by atoms with Crippen LogP contribution in [0.1, 0.15) is 5.56 Å². The number of rotatable bonds is 7. The second-order valence-corrected chi connectivity index (χ2v) is 6.24. The summed E-state index contributed by atoms with van der Waals surface area (Å²) in [5.74, 6) is 0.273. The van der Waals surface area contributed by atoms with Crippen molar-refractivity contribution in [3.05, 3.63) is 70.8 Å². The van der Waals surface area contributed by atoms with Crippen LogP contribution in [0.4, 0.5) is 5.69 Å². The van der Waals surface area contributed by atoms with Crippen LogP contribution in [-0.2, 0) is 16.5 Å². The van der Waals surface area contributed by atoms with Gasteiger partial charge in [0.1, 0.15) is 11.5 Å². The smallest absolute Gasteiger partial charge is 0.346 e. The van der Waals surface area contributed by atoms with Gasteiger partial charge in [-0.05, 0) is 30.2 Å². The van der Waals surface area contributed by atoms with E-state index in [9.17, 15) is 18.5 Å². The Morgan fingerprint density at radius 1 is 1.25 bits per heavy atom. The maximum absolute atomic E-state index is 12.5. The predicted octanol–water partition coefficient (Wildman–Crippen LogP) is 3.10. The van der Waals surface area contributed by atoms with Crippen LogP contribution < -0.4 is 8.92 Å². The molecule has 2 aromatic carbocycles. The van der Waals surface area contributed by atoms with Gasteiger partial charge < -0.3 is 8.92 Å². The molecule has 0 radical (unpaired) electrons. The number of hydrogen-bond donors (Lipinski definition) is 0. The monoisotopic (exact) mass is 349 g/mol. The van der Waals surface area contributed by atoms with E-state index in [1.165, 1.54) is 19.2 Å². The summed E-state index contributed by atoms with van der Waals surface area (Å²) in [6.45, 7) is 3.60. The van der Waals surface area contributed by atoms with Gasteiger partial charge >= 0.3 is 10.1 Å². The van der Waals surface area contributed by atoms with Gasteiger partial charge in [0.25, 0.3) is 5.69 Å². The van der Waals surface area contributed by atoms with E-state index in [1.54, 1.807) is 24.3 Å². The zero-order valence-corrected chi connectivity index (χ0v) is 13.7. The molecule has 0 bridgehead atoms. The Morgan fingerprint density at radius 3 is 2.58 bits per heavy atom. The van der Waals surface area contributed by atoms with E-state index in [0.29, 0.717) is 12.0 Å². The molecule has 0 aliphatic heterocycles. The highest BCUT2D eigenvalue weighted by Crippen LogP contribution is 2.31. The predicted molar refractivity (Wildman–Crippen MR) is 87.8 cm³/mol. The molecule has 0 fully saturated rings. The third kappa shape index (κ3) is 3.72. The first-order valence-electron chi connectivity index (χ1n) is 6.84. The standard InChI is InChI=1S/C16H15NO6S/c1-3-6-12-7-4-5-8-15(12)23-24(20,21)16-10-9-13(22-2)11-14(16)17(18)19/h3-5,7-11H,1,6H2,2H3. The number of para-hydroxylation sites is 1. The van der Waals surface area contributed by atoms with Crippen LogP contribution in [0.15, 0.2) is 60.0 Å². The topological polar surface area (TPSA) is 95.7 Å². The average Bonchev–Trinajstić information content (AvgIpc) is 2.56. The second-order valence-electron chi connectivity index (χ2n) is 4.73. The Morgan fingerprint density at radius 2 is 1.96 bits per heavy atom. The van der Waals surface area contributed by atoms with Crippen molar-refractivity contribution >= 4 is 15.8 Å². The summed E-state index contributed by atoms with van der Waals surface area (Å²) < 4.78 is 35.0. The van der Waals surface area contributed by atoms with E-state index in [-0.39, 0.29) is 11.5 Å². The fourth-order valence-electron chi connectivity index (χ4n) is 2.05. The number of nitro groups is 1. The van der Waals surface area contributed by atoms with Gasteiger partial charge in [-0.2, -0.15) is 8.42 Å². The van der Waals surface area contributed by atoms with E-state index in [2.05, 4.69) is 6.58 Å². The SMILES string of the molecule is C=CCc1ccccc1OS(=O)(=O)c1ccc(OC)cc1[N+](=O)[O-]. The van der Waals surface area contributed by atoms with E-state index in [1.807, 2.05) is 0 Å². The highest BCUT2D eigenvalue weighted by molar-refractivity contribution is 7.87. The molecule has 0 N–H and O–H groups in total. The molecule has 0 aliphatic rings. The summed E-state index contributed by atoms with van der Waals surface area (Å²) >= 11 is 0. The third-order valence-corrected chi connectivity index (χ3v) is 4.45. The quantitative estimate of drug-likeness (QED) is 0.330. The molecule has 24 heavy (non-hydrogen) atoms. The first-order chi connectivity index (χ1) is 11.4. The van der Waals surface area contributed by atoms with Crippen LogP contribution >= 0.6 is 0 Å². The first kappa shape index (κ1) is 17.5. The van der Waals surface area contributed by atoms with Gasteiger partial charge in [0.05, 0.1) is 18.1 Å². The molecule has 0 amide bonds. The van der Waals surface area contributed by atoms with Crippen molar-refractivity contribution in [3.63, 3.8) is 0 Å². The Balaban J connectivity index is 2.49. The second kappa shape index (κ2) is 7.14. The average molecular weight is 349 g/mol. The Labute approximate surface area is 139 Å². The van der Waals surface area contributed by atoms with E-state index in [0.717, 1.165) is 12.1 Å². The van der Waals surface area contributed by atoms with Gasteiger partial charge in [-0.15, -0.1) is 6.58 Å². The molecule has 0 atom stereocenters. The maximum atomic E-state index is 12.5. The molecule has 2 rings (SSSR count). The summed E-state index contributed by atoms with van der Waals surface area (Å²) in [4.78, 5) is 9.84. The number of methoxy groups -OCH3 is 1. The molecule has 0 saturated carbocycles. The largest absolute Gasteiger partial charge is 0.497 e. The van der Waals surface area contributed by atoms with E-state index in [4.69, 9.17) is 8.92 Å². The number of nitro benzene ring substituents is 1. The third-order valence-electron chi connectivity index (χ3n) is 3.17. The lowest BCUT2D eigenvalue weighted by Gasteiger charge is -2.11. The minimum atomic E-state index is -4.39. The van der Waals surface area contributed by atoms with E-state index < -0.39 is 25.6 Å². The van der Waals surface area contributed by atoms with Crippen LogP contribution in [0.5, 0.6) is 11.5 Å². The number of allylic oxidation sites excluding steroid dienone is 1. The van der Waals surface area contributed by atoms with Gasteiger partial charge in [-0.25, -0.2) is 0 Å². The molecule has 0 heterocycles. The van der Waals surface area contributed by atoms with E-state index >= 15 is 0 Å². The molecule has 0 aromatic heterocycles. The Bertz CT molecular complexity index is 876. The van der Waals surface area contributed by atoms with Crippen molar-refractivity contribution in [2.24, 2.45) is 0 Å². The van der Waals surface area contributed by atoms with Gasteiger partial charge in [-0.1, -0.05) is 24.3 Å². The van der Waals surface area contributed by atoms with Crippen molar-refractivity contribution < 1.29 is 22.3 Å². The highest BCUT2D eigenvalue weighted by atomic mass is 32.2. The van der Waals surface area contributed by atoms with Crippen LogP contribution in [0.25, 0.3) is 0 Å². The molecule has 0 aliphatic carbocycles. The first-order valence-corrected chi connectivity index (χ1v) is 8.25. The molecular weight excluding hydrogens is 334 g/mol. The molecular formula is C16H15NO6S.